The number of rotatable bonds is 2. The van der Waals surface area contributed by atoms with Crippen molar-refractivity contribution in [3.8, 4) is 11.3 Å². The number of fused-ring (bicyclic) bond motifs is 1. The van der Waals surface area contributed by atoms with Gasteiger partial charge in [0.05, 0.1) is 10.9 Å². The van der Waals surface area contributed by atoms with Gasteiger partial charge in [0.15, 0.2) is 6.20 Å². The first-order chi connectivity index (χ1) is 12.7. The summed E-state index contributed by atoms with van der Waals surface area (Å²) in [7, 11) is 2.07. The smallest absolute Gasteiger partial charge is 0.207 e. The van der Waals surface area contributed by atoms with Gasteiger partial charge in [-0.1, -0.05) is 23.8 Å². The second-order valence-electron chi connectivity index (χ2n) is 8.17. The number of alkyl halides is 2. The second-order valence-corrected chi connectivity index (χ2v) is 8.17. The number of hydrogen-bond donors (Lipinski definition) is 0. The van der Waals surface area contributed by atoms with Gasteiger partial charge in [0.1, 0.15) is 7.05 Å². The predicted molar refractivity (Wildman–Crippen MR) is 106 cm³/mol. The van der Waals surface area contributed by atoms with Crippen molar-refractivity contribution in [2.45, 2.75) is 51.9 Å². The Morgan fingerprint density at radius 1 is 1.04 bits per heavy atom. The zero-order chi connectivity index (χ0) is 19.3. The summed E-state index contributed by atoms with van der Waals surface area (Å²) in [6.45, 7) is 6.44. The lowest BCUT2D eigenvalue weighted by molar-refractivity contribution is -0.659. The average Bonchev–Trinajstić information content (AvgIpc) is 2.98. The van der Waals surface area contributed by atoms with Gasteiger partial charge in [0.25, 0.3) is 0 Å². The lowest BCUT2D eigenvalue weighted by Crippen LogP contribution is -2.30. The minimum Gasteiger partial charge on any atom is -0.207 e. The van der Waals surface area contributed by atoms with Crippen LogP contribution < -0.4 is 4.57 Å². The first-order valence-corrected chi connectivity index (χ1v) is 9.63. The van der Waals surface area contributed by atoms with Crippen LogP contribution in [-0.4, -0.2) is 5.92 Å². The number of aromatic nitrogens is 1. The number of hydrogen-bond acceptors (Lipinski definition) is 0. The SMILES string of the molecule is Cc1cc(C)c(C)c(-c2c3ccc(C4CCC(F)(F)C4)cc3cc[n+]2C)c1. The third-order valence-corrected chi connectivity index (χ3v) is 6.10. The molecule has 1 aromatic heterocycles. The Balaban J connectivity index is 1.87. The molecule has 1 aliphatic carbocycles. The van der Waals surface area contributed by atoms with Crippen LogP contribution in [0, 0.1) is 20.8 Å². The van der Waals surface area contributed by atoms with E-state index in [-0.39, 0.29) is 18.8 Å². The highest BCUT2D eigenvalue weighted by molar-refractivity contribution is 5.94. The molecular formula is C24H26F2N+. The standard InChI is InChI=1S/C24H26F2N/c1-15-11-16(2)17(3)22(12-15)23-21-6-5-18(13-19(21)8-10-27(23)4)20-7-9-24(25,26)14-20/h5-6,8,10-13,20H,7,9,14H2,1-4H3/q+1. The Labute approximate surface area is 159 Å². The molecule has 140 valence electrons. The van der Waals surface area contributed by atoms with Gasteiger partial charge in [0, 0.05) is 18.9 Å². The molecule has 1 unspecified atom stereocenters. The maximum Gasteiger partial charge on any atom is 0.248 e. The first-order valence-electron chi connectivity index (χ1n) is 9.63. The zero-order valence-electron chi connectivity index (χ0n) is 16.4. The summed E-state index contributed by atoms with van der Waals surface area (Å²) < 4.78 is 29.5. The average molecular weight is 366 g/mol. The highest BCUT2D eigenvalue weighted by Crippen LogP contribution is 2.44. The van der Waals surface area contributed by atoms with E-state index in [0.29, 0.717) is 6.42 Å². The van der Waals surface area contributed by atoms with Gasteiger partial charge in [-0.25, -0.2) is 13.3 Å². The largest absolute Gasteiger partial charge is 0.248 e. The van der Waals surface area contributed by atoms with Crippen molar-refractivity contribution in [3.63, 3.8) is 0 Å². The van der Waals surface area contributed by atoms with Crippen LogP contribution in [0.4, 0.5) is 8.78 Å². The van der Waals surface area contributed by atoms with E-state index in [0.717, 1.165) is 10.9 Å². The molecular weight excluding hydrogens is 340 g/mol. The van der Waals surface area contributed by atoms with E-state index in [1.54, 1.807) is 0 Å². The van der Waals surface area contributed by atoms with E-state index in [1.165, 1.54) is 33.3 Å². The van der Waals surface area contributed by atoms with Crippen molar-refractivity contribution < 1.29 is 13.3 Å². The van der Waals surface area contributed by atoms with Crippen molar-refractivity contribution in [3.05, 3.63) is 64.8 Å². The third-order valence-electron chi connectivity index (χ3n) is 6.10. The van der Waals surface area contributed by atoms with Crippen molar-refractivity contribution >= 4 is 10.8 Å². The van der Waals surface area contributed by atoms with Gasteiger partial charge >= 0.3 is 0 Å². The lowest BCUT2D eigenvalue weighted by atomic mass is 9.91. The molecule has 0 aliphatic heterocycles. The molecule has 0 spiro atoms. The molecule has 1 saturated carbocycles. The fourth-order valence-electron chi connectivity index (χ4n) is 4.50. The Kier molecular flexibility index (Phi) is 4.29. The highest BCUT2D eigenvalue weighted by atomic mass is 19.3. The van der Waals surface area contributed by atoms with Crippen molar-refractivity contribution in [1.29, 1.82) is 0 Å². The molecule has 0 bridgehead atoms. The Hall–Kier alpha value is -2.29. The summed E-state index contributed by atoms with van der Waals surface area (Å²) in [6.07, 6.45) is 2.62. The van der Waals surface area contributed by atoms with Gasteiger partial charge < -0.3 is 0 Å². The monoisotopic (exact) mass is 366 g/mol. The fourth-order valence-corrected chi connectivity index (χ4v) is 4.50. The maximum absolute atomic E-state index is 13.6. The summed E-state index contributed by atoms with van der Waals surface area (Å²) in [4.78, 5) is 0. The van der Waals surface area contributed by atoms with Crippen molar-refractivity contribution in [2.75, 3.05) is 0 Å². The Bertz CT molecular complexity index is 1040. The molecule has 1 heterocycles. The van der Waals surface area contributed by atoms with E-state index in [4.69, 9.17) is 0 Å². The van der Waals surface area contributed by atoms with Gasteiger partial charge in [-0.3, -0.25) is 0 Å². The van der Waals surface area contributed by atoms with Crippen LogP contribution >= 0.6 is 0 Å². The molecule has 1 atom stereocenters. The molecule has 3 aromatic rings. The molecule has 1 fully saturated rings. The number of nitrogens with zero attached hydrogens (tertiary/aromatic N) is 1. The minimum absolute atomic E-state index is 0.00642. The number of benzene rings is 2. The van der Waals surface area contributed by atoms with E-state index in [9.17, 15) is 8.78 Å². The van der Waals surface area contributed by atoms with Crippen LogP contribution in [0.1, 0.15) is 47.4 Å². The van der Waals surface area contributed by atoms with Crippen LogP contribution in [0.15, 0.2) is 42.6 Å². The fraction of sp³-hybridized carbons (Fsp3) is 0.375. The van der Waals surface area contributed by atoms with Crippen LogP contribution in [-0.2, 0) is 7.05 Å². The molecule has 0 radical (unpaired) electrons. The van der Waals surface area contributed by atoms with Crippen LogP contribution in [0.5, 0.6) is 0 Å². The molecule has 0 amide bonds. The molecule has 1 nitrogen and oxygen atoms in total. The topological polar surface area (TPSA) is 3.88 Å². The molecule has 3 heteroatoms. The predicted octanol–water partition coefficient (Wildman–Crippen LogP) is 6.16. The van der Waals surface area contributed by atoms with Crippen LogP contribution in [0.2, 0.25) is 0 Å². The van der Waals surface area contributed by atoms with Crippen molar-refractivity contribution in [1.82, 2.24) is 0 Å². The quantitative estimate of drug-likeness (QED) is 0.478. The van der Waals surface area contributed by atoms with Gasteiger partial charge in [-0.2, -0.15) is 0 Å². The van der Waals surface area contributed by atoms with E-state index < -0.39 is 5.92 Å². The van der Waals surface area contributed by atoms with E-state index >= 15 is 0 Å². The molecule has 27 heavy (non-hydrogen) atoms. The molecule has 0 N–H and O–H groups in total. The summed E-state index contributed by atoms with van der Waals surface area (Å²) in [5, 5.41) is 2.29. The van der Waals surface area contributed by atoms with Crippen LogP contribution in [0.25, 0.3) is 22.0 Å². The minimum atomic E-state index is -2.51. The summed E-state index contributed by atoms with van der Waals surface area (Å²) >= 11 is 0. The molecule has 1 aliphatic rings. The third kappa shape index (κ3) is 3.24. The highest BCUT2D eigenvalue weighted by Gasteiger charge is 2.40. The van der Waals surface area contributed by atoms with Crippen LogP contribution in [0.3, 0.4) is 0 Å². The number of halogens is 2. The van der Waals surface area contributed by atoms with E-state index in [2.05, 4.69) is 75.0 Å². The zero-order valence-corrected chi connectivity index (χ0v) is 16.4. The van der Waals surface area contributed by atoms with Gasteiger partial charge in [-0.05, 0) is 67.3 Å². The molecule has 2 aromatic carbocycles. The van der Waals surface area contributed by atoms with Gasteiger partial charge in [-0.15, -0.1) is 0 Å². The molecule has 4 rings (SSSR count). The lowest BCUT2D eigenvalue weighted by Gasteiger charge is -2.14. The Morgan fingerprint density at radius 2 is 1.81 bits per heavy atom. The van der Waals surface area contributed by atoms with Crippen molar-refractivity contribution in [2.24, 2.45) is 7.05 Å². The summed E-state index contributed by atoms with van der Waals surface area (Å²) in [6, 6.07) is 12.8. The summed E-state index contributed by atoms with van der Waals surface area (Å²) in [5.41, 5.74) is 7.27. The normalized spacial score (nSPS) is 19.0. The summed E-state index contributed by atoms with van der Waals surface area (Å²) in [5.74, 6) is -2.55. The van der Waals surface area contributed by atoms with Gasteiger partial charge in [0.2, 0.25) is 11.6 Å². The van der Waals surface area contributed by atoms with E-state index in [1.807, 2.05) is 0 Å². The maximum atomic E-state index is 13.6. The second kappa shape index (κ2) is 6.40. The Morgan fingerprint density at radius 3 is 2.52 bits per heavy atom. The number of aryl methyl sites for hydroxylation is 3. The first kappa shape index (κ1) is 18.1. The number of pyridine rings is 1. The molecule has 0 saturated heterocycles.